The molecule has 5 nitrogen and oxygen atoms in total. The lowest BCUT2D eigenvalue weighted by atomic mass is 10.1. The summed E-state index contributed by atoms with van der Waals surface area (Å²) < 4.78 is 10.9. The van der Waals surface area contributed by atoms with Gasteiger partial charge >= 0.3 is 0 Å². The van der Waals surface area contributed by atoms with Crippen LogP contribution in [-0.4, -0.2) is 25.2 Å². The van der Waals surface area contributed by atoms with Crippen LogP contribution < -0.4 is 20.1 Å². The van der Waals surface area contributed by atoms with E-state index >= 15 is 0 Å². The molecular formula is C21H29ClN2O3. The Bertz CT molecular complexity index is 712. The van der Waals surface area contributed by atoms with Crippen molar-refractivity contribution in [2.24, 2.45) is 0 Å². The van der Waals surface area contributed by atoms with Gasteiger partial charge in [-0.1, -0.05) is 30.3 Å². The van der Waals surface area contributed by atoms with Crippen molar-refractivity contribution >= 4 is 18.3 Å². The molecule has 2 rings (SSSR count). The summed E-state index contributed by atoms with van der Waals surface area (Å²) in [6.07, 6.45) is 0. The van der Waals surface area contributed by atoms with Gasteiger partial charge in [0.05, 0.1) is 7.11 Å². The smallest absolute Gasteiger partial charge is 0.258 e. The maximum Gasteiger partial charge on any atom is 0.258 e. The van der Waals surface area contributed by atoms with E-state index in [0.717, 1.165) is 30.0 Å². The lowest BCUT2D eigenvalue weighted by Crippen LogP contribution is -2.43. The molecule has 0 atom stereocenters. The molecule has 0 saturated carbocycles. The van der Waals surface area contributed by atoms with Crippen molar-refractivity contribution < 1.29 is 14.3 Å². The van der Waals surface area contributed by atoms with E-state index in [4.69, 9.17) is 9.47 Å². The molecule has 1 amide bonds. The quantitative estimate of drug-likeness (QED) is 0.719. The molecule has 148 valence electrons. The summed E-state index contributed by atoms with van der Waals surface area (Å²) in [6.45, 7) is 7.31. The monoisotopic (exact) mass is 392 g/mol. The van der Waals surface area contributed by atoms with Crippen LogP contribution in [0, 0.1) is 0 Å². The number of benzene rings is 2. The van der Waals surface area contributed by atoms with E-state index in [1.54, 1.807) is 7.11 Å². The van der Waals surface area contributed by atoms with E-state index in [0.29, 0.717) is 5.75 Å². The third kappa shape index (κ3) is 8.33. The SMILES string of the molecule is COc1ccccc1CNCc1ccc(OCC(=O)NC(C)(C)C)cc1.Cl. The van der Waals surface area contributed by atoms with E-state index in [9.17, 15) is 4.79 Å². The van der Waals surface area contributed by atoms with Gasteiger partial charge in [0.15, 0.2) is 6.61 Å². The predicted molar refractivity (Wildman–Crippen MR) is 111 cm³/mol. The third-order valence-electron chi connectivity index (χ3n) is 3.64. The topological polar surface area (TPSA) is 59.6 Å². The van der Waals surface area contributed by atoms with Crippen LogP contribution in [0.25, 0.3) is 0 Å². The number of hydrogen-bond donors (Lipinski definition) is 2. The predicted octanol–water partition coefficient (Wildman–Crippen LogP) is 3.70. The van der Waals surface area contributed by atoms with Crippen LogP contribution in [0.2, 0.25) is 0 Å². The van der Waals surface area contributed by atoms with E-state index in [1.165, 1.54) is 0 Å². The zero-order valence-corrected chi connectivity index (χ0v) is 17.2. The van der Waals surface area contributed by atoms with Crippen molar-refractivity contribution in [3.05, 3.63) is 59.7 Å². The summed E-state index contributed by atoms with van der Waals surface area (Å²) >= 11 is 0. The highest BCUT2D eigenvalue weighted by Gasteiger charge is 2.13. The number of carbonyl (C=O) groups is 1. The Hall–Kier alpha value is -2.24. The van der Waals surface area contributed by atoms with Gasteiger partial charge in [0.1, 0.15) is 11.5 Å². The van der Waals surface area contributed by atoms with E-state index in [1.807, 2.05) is 69.3 Å². The second-order valence-corrected chi connectivity index (χ2v) is 7.15. The minimum Gasteiger partial charge on any atom is -0.496 e. The van der Waals surface area contributed by atoms with Gasteiger partial charge in [-0.2, -0.15) is 0 Å². The highest BCUT2D eigenvalue weighted by atomic mass is 35.5. The van der Waals surface area contributed by atoms with Crippen LogP contribution in [0.1, 0.15) is 31.9 Å². The van der Waals surface area contributed by atoms with Crippen LogP contribution in [0.3, 0.4) is 0 Å². The molecule has 0 bridgehead atoms. The summed E-state index contributed by atoms with van der Waals surface area (Å²) in [6, 6.07) is 15.7. The van der Waals surface area contributed by atoms with Crippen molar-refractivity contribution in [1.82, 2.24) is 10.6 Å². The molecule has 6 heteroatoms. The average molecular weight is 393 g/mol. The molecule has 0 aliphatic carbocycles. The highest BCUT2D eigenvalue weighted by molar-refractivity contribution is 5.85. The lowest BCUT2D eigenvalue weighted by molar-refractivity contribution is -0.124. The Kier molecular flexibility index (Phi) is 9.12. The number of rotatable bonds is 8. The van der Waals surface area contributed by atoms with E-state index in [-0.39, 0.29) is 30.5 Å². The number of hydrogen-bond acceptors (Lipinski definition) is 4. The Morgan fingerprint density at radius 3 is 2.30 bits per heavy atom. The number of carbonyl (C=O) groups excluding carboxylic acids is 1. The first kappa shape index (κ1) is 22.8. The minimum atomic E-state index is -0.253. The number of amides is 1. The number of para-hydroxylation sites is 1. The van der Waals surface area contributed by atoms with Gasteiger partial charge in [-0.25, -0.2) is 0 Å². The summed E-state index contributed by atoms with van der Waals surface area (Å²) in [5.74, 6) is 1.44. The second-order valence-electron chi connectivity index (χ2n) is 7.15. The molecule has 0 saturated heterocycles. The Balaban J connectivity index is 0.00000364. The molecular weight excluding hydrogens is 364 g/mol. The number of methoxy groups -OCH3 is 1. The zero-order chi connectivity index (χ0) is 19.0. The first-order valence-corrected chi connectivity index (χ1v) is 8.73. The molecule has 0 aliphatic heterocycles. The molecule has 2 N–H and O–H groups in total. The van der Waals surface area contributed by atoms with Crippen LogP contribution in [-0.2, 0) is 17.9 Å². The first-order valence-electron chi connectivity index (χ1n) is 8.73. The number of ether oxygens (including phenoxy) is 2. The van der Waals surface area contributed by atoms with E-state index < -0.39 is 0 Å². The van der Waals surface area contributed by atoms with Crippen molar-refractivity contribution in [2.75, 3.05) is 13.7 Å². The van der Waals surface area contributed by atoms with Crippen LogP contribution in [0.4, 0.5) is 0 Å². The van der Waals surface area contributed by atoms with E-state index in [2.05, 4.69) is 10.6 Å². The summed E-state index contributed by atoms with van der Waals surface area (Å²) in [4.78, 5) is 11.8. The Morgan fingerprint density at radius 2 is 1.67 bits per heavy atom. The molecule has 0 radical (unpaired) electrons. The first-order chi connectivity index (χ1) is 12.4. The molecule has 0 aromatic heterocycles. The maximum absolute atomic E-state index is 11.8. The van der Waals surface area contributed by atoms with Crippen molar-refractivity contribution in [1.29, 1.82) is 0 Å². The standard InChI is InChI=1S/C21H28N2O3.ClH/c1-21(2,3)23-20(24)15-26-18-11-9-16(10-12-18)13-22-14-17-7-5-6-8-19(17)25-4;/h5-12,22H,13-15H2,1-4H3,(H,23,24);1H. The lowest BCUT2D eigenvalue weighted by Gasteiger charge is -2.20. The van der Waals surface area contributed by atoms with Gasteiger partial charge in [0.2, 0.25) is 0 Å². The van der Waals surface area contributed by atoms with Gasteiger partial charge in [0.25, 0.3) is 5.91 Å². The highest BCUT2D eigenvalue weighted by Crippen LogP contribution is 2.17. The Labute approximate surface area is 167 Å². The second kappa shape index (κ2) is 10.8. The molecule has 0 fully saturated rings. The fraction of sp³-hybridized carbons (Fsp3) is 0.381. The fourth-order valence-corrected chi connectivity index (χ4v) is 2.50. The van der Waals surface area contributed by atoms with Gasteiger partial charge in [-0.15, -0.1) is 12.4 Å². The van der Waals surface area contributed by atoms with Gasteiger partial charge in [0, 0.05) is 24.2 Å². The normalized spacial score (nSPS) is 10.7. The summed E-state index contributed by atoms with van der Waals surface area (Å²) in [5.41, 5.74) is 2.02. The molecule has 2 aromatic carbocycles. The van der Waals surface area contributed by atoms with Crippen molar-refractivity contribution in [3.63, 3.8) is 0 Å². The van der Waals surface area contributed by atoms with Crippen LogP contribution in [0.15, 0.2) is 48.5 Å². The number of halogens is 1. The minimum absolute atomic E-state index is 0. The molecule has 0 aliphatic rings. The van der Waals surface area contributed by atoms with Crippen LogP contribution in [0.5, 0.6) is 11.5 Å². The number of nitrogens with one attached hydrogen (secondary N) is 2. The van der Waals surface area contributed by atoms with Gasteiger partial charge < -0.3 is 20.1 Å². The van der Waals surface area contributed by atoms with Gasteiger partial charge in [-0.05, 0) is 44.5 Å². The largest absolute Gasteiger partial charge is 0.496 e. The molecule has 0 unspecified atom stereocenters. The van der Waals surface area contributed by atoms with Crippen molar-refractivity contribution in [3.8, 4) is 11.5 Å². The van der Waals surface area contributed by atoms with Crippen LogP contribution >= 0.6 is 12.4 Å². The zero-order valence-electron chi connectivity index (χ0n) is 16.4. The van der Waals surface area contributed by atoms with Crippen molar-refractivity contribution in [2.45, 2.75) is 39.4 Å². The molecule has 2 aromatic rings. The average Bonchev–Trinajstić information content (AvgIpc) is 2.60. The fourth-order valence-electron chi connectivity index (χ4n) is 2.50. The summed E-state index contributed by atoms with van der Waals surface area (Å²) in [5, 5.41) is 6.27. The maximum atomic E-state index is 11.8. The molecule has 0 heterocycles. The third-order valence-corrected chi connectivity index (χ3v) is 3.64. The molecule has 0 spiro atoms. The van der Waals surface area contributed by atoms with Gasteiger partial charge in [-0.3, -0.25) is 4.79 Å². The summed E-state index contributed by atoms with van der Waals surface area (Å²) in [7, 11) is 1.68. The Morgan fingerprint density at radius 1 is 1.00 bits per heavy atom. The molecule has 27 heavy (non-hydrogen) atoms.